The summed E-state index contributed by atoms with van der Waals surface area (Å²) >= 11 is 5.94. The van der Waals surface area contributed by atoms with Crippen LogP contribution in [0.25, 0.3) is 0 Å². The van der Waals surface area contributed by atoms with Crippen molar-refractivity contribution < 1.29 is 4.39 Å². The van der Waals surface area contributed by atoms with Crippen molar-refractivity contribution in [3.63, 3.8) is 0 Å². The van der Waals surface area contributed by atoms with Crippen LogP contribution in [0.3, 0.4) is 0 Å². The van der Waals surface area contributed by atoms with Crippen molar-refractivity contribution >= 4 is 11.6 Å². The van der Waals surface area contributed by atoms with Gasteiger partial charge >= 0.3 is 0 Å². The predicted molar refractivity (Wildman–Crippen MR) is 82.7 cm³/mol. The lowest BCUT2D eigenvalue weighted by atomic mass is 9.97. The second kappa shape index (κ2) is 6.87. The Bertz CT molecular complexity index is 566. The molecule has 0 fully saturated rings. The van der Waals surface area contributed by atoms with Gasteiger partial charge in [0.25, 0.3) is 0 Å². The zero-order chi connectivity index (χ0) is 14.5. The maximum atomic E-state index is 13.8. The minimum absolute atomic E-state index is 0.0777. The molecule has 0 saturated heterocycles. The normalized spacial score (nSPS) is 12.4. The Kier molecular flexibility index (Phi) is 5.16. The molecule has 0 spiro atoms. The molecule has 0 aliphatic rings. The summed E-state index contributed by atoms with van der Waals surface area (Å²) in [6, 6.07) is 13.2. The largest absolute Gasteiger partial charge is 0.313 e. The zero-order valence-electron chi connectivity index (χ0n) is 11.8. The van der Waals surface area contributed by atoms with Crippen LogP contribution in [-0.4, -0.2) is 7.05 Å². The highest BCUT2D eigenvalue weighted by Crippen LogP contribution is 2.23. The molecule has 106 valence electrons. The summed E-state index contributed by atoms with van der Waals surface area (Å²) in [6.07, 6.45) is 1.60. The van der Waals surface area contributed by atoms with Crippen molar-refractivity contribution in [1.82, 2.24) is 5.32 Å². The molecule has 3 heteroatoms. The molecule has 0 aliphatic heterocycles. The van der Waals surface area contributed by atoms with Crippen molar-refractivity contribution in [2.45, 2.75) is 25.8 Å². The molecule has 0 radical (unpaired) electrons. The molecule has 1 nitrogen and oxygen atoms in total. The lowest BCUT2D eigenvalue weighted by Gasteiger charge is -2.17. The van der Waals surface area contributed by atoms with Gasteiger partial charge < -0.3 is 5.32 Å². The van der Waals surface area contributed by atoms with E-state index in [1.165, 1.54) is 11.6 Å². The summed E-state index contributed by atoms with van der Waals surface area (Å²) in [6.45, 7) is 2.13. The van der Waals surface area contributed by atoms with Crippen LogP contribution < -0.4 is 5.32 Å². The average Bonchev–Trinajstić information content (AvgIpc) is 2.48. The minimum atomic E-state index is -0.208. The van der Waals surface area contributed by atoms with Crippen LogP contribution in [0.1, 0.15) is 29.7 Å². The lowest BCUT2D eigenvalue weighted by molar-refractivity contribution is 0.554. The van der Waals surface area contributed by atoms with Crippen molar-refractivity contribution in [2.75, 3.05) is 7.05 Å². The molecule has 2 rings (SSSR count). The second-order valence-corrected chi connectivity index (χ2v) is 5.31. The molecular formula is C17H19ClFN. The van der Waals surface area contributed by atoms with E-state index in [1.807, 2.05) is 7.05 Å². The van der Waals surface area contributed by atoms with E-state index in [9.17, 15) is 4.39 Å². The number of hydrogen-bond donors (Lipinski definition) is 1. The van der Waals surface area contributed by atoms with E-state index >= 15 is 0 Å². The fourth-order valence-electron chi connectivity index (χ4n) is 2.29. The van der Waals surface area contributed by atoms with Gasteiger partial charge in [0.2, 0.25) is 0 Å². The van der Waals surface area contributed by atoms with Crippen LogP contribution in [0.4, 0.5) is 4.39 Å². The third-order valence-corrected chi connectivity index (χ3v) is 3.81. The van der Waals surface area contributed by atoms with E-state index in [0.29, 0.717) is 17.0 Å². The first kappa shape index (κ1) is 15.0. The van der Waals surface area contributed by atoms with Gasteiger partial charge in [-0.05, 0) is 54.8 Å². The Hall–Kier alpha value is -1.38. The maximum Gasteiger partial charge on any atom is 0.126 e. The summed E-state index contributed by atoms with van der Waals surface area (Å²) < 4.78 is 13.8. The fourth-order valence-corrected chi connectivity index (χ4v) is 2.49. The van der Waals surface area contributed by atoms with Gasteiger partial charge in [-0.3, -0.25) is 0 Å². The van der Waals surface area contributed by atoms with Crippen LogP contribution in [0.5, 0.6) is 0 Å². The van der Waals surface area contributed by atoms with Gasteiger partial charge in [0, 0.05) is 11.1 Å². The van der Waals surface area contributed by atoms with Gasteiger partial charge in [0.1, 0.15) is 5.82 Å². The summed E-state index contributed by atoms with van der Waals surface area (Å²) in [7, 11) is 1.89. The molecule has 1 atom stereocenters. The standard InChI is InChI=1S/C17H19ClFN/c1-3-12-4-6-13(7-5-12)17(20-2)11-14-10-15(18)8-9-16(14)19/h4-10,17,20H,3,11H2,1-2H3. The van der Waals surface area contributed by atoms with E-state index in [4.69, 9.17) is 11.6 Å². The molecule has 0 aromatic heterocycles. The Morgan fingerprint density at radius 2 is 1.85 bits per heavy atom. The summed E-state index contributed by atoms with van der Waals surface area (Å²) in [5.41, 5.74) is 3.10. The molecule has 0 amide bonds. The number of halogens is 2. The SMILES string of the molecule is CCc1ccc(C(Cc2cc(Cl)ccc2F)NC)cc1. The Morgan fingerprint density at radius 1 is 1.15 bits per heavy atom. The van der Waals surface area contributed by atoms with Gasteiger partial charge in [-0.15, -0.1) is 0 Å². The van der Waals surface area contributed by atoms with Crippen molar-refractivity contribution in [3.05, 3.63) is 70.0 Å². The van der Waals surface area contributed by atoms with E-state index in [0.717, 1.165) is 12.0 Å². The van der Waals surface area contributed by atoms with E-state index in [1.54, 1.807) is 12.1 Å². The molecule has 1 unspecified atom stereocenters. The average molecular weight is 292 g/mol. The van der Waals surface area contributed by atoms with Crippen LogP contribution >= 0.6 is 11.6 Å². The Balaban J connectivity index is 2.21. The Morgan fingerprint density at radius 3 is 2.45 bits per heavy atom. The van der Waals surface area contributed by atoms with Crippen LogP contribution in [-0.2, 0) is 12.8 Å². The highest BCUT2D eigenvalue weighted by atomic mass is 35.5. The van der Waals surface area contributed by atoms with Gasteiger partial charge in [0.15, 0.2) is 0 Å². The molecule has 0 saturated carbocycles. The molecule has 0 bridgehead atoms. The van der Waals surface area contributed by atoms with Gasteiger partial charge in [0.05, 0.1) is 0 Å². The first-order chi connectivity index (χ1) is 9.63. The summed E-state index contributed by atoms with van der Waals surface area (Å²) in [5.74, 6) is -0.208. The maximum absolute atomic E-state index is 13.8. The van der Waals surface area contributed by atoms with Crippen LogP contribution in [0.15, 0.2) is 42.5 Å². The molecule has 0 heterocycles. The number of hydrogen-bond acceptors (Lipinski definition) is 1. The minimum Gasteiger partial charge on any atom is -0.313 e. The van der Waals surface area contributed by atoms with Gasteiger partial charge in [-0.1, -0.05) is 42.8 Å². The topological polar surface area (TPSA) is 12.0 Å². The lowest BCUT2D eigenvalue weighted by Crippen LogP contribution is -2.19. The third kappa shape index (κ3) is 3.59. The first-order valence-corrected chi connectivity index (χ1v) is 7.22. The van der Waals surface area contributed by atoms with Crippen molar-refractivity contribution in [1.29, 1.82) is 0 Å². The monoisotopic (exact) mass is 291 g/mol. The van der Waals surface area contributed by atoms with Crippen LogP contribution in [0.2, 0.25) is 5.02 Å². The number of rotatable bonds is 5. The second-order valence-electron chi connectivity index (χ2n) is 4.88. The number of aryl methyl sites for hydroxylation is 1. The number of likely N-dealkylation sites (N-methyl/N-ethyl adjacent to an activating group) is 1. The Labute approximate surface area is 124 Å². The molecule has 2 aromatic rings. The highest BCUT2D eigenvalue weighted by molar-refractivity contribution is 6.30. The zero-order valence-corrected chi connectivity index (χ0v) is 12.5. The number of nitrogens with one attached hydrogen (secondary N) is 1. The highest BCUT2D eigenvalue weighted by Gasteiger charge is 2.13. The van der Waals surface area contributed by atoms with Gasteiger partial charge in [-0.25, -0.2) is 4.39 Å². The quantitative estimate of drug-likeness (QED) is 0.852. The van der Waals surface area contributed by atoms with E-state index < -0.39 is 0 Å². The van der Waals surface area contributed by atoms with Crippen LogP contribution in [0, 0.1) is 5.82 Å². The first-order valence-electron chi connectivity index (χ1n) is 6.84. The number of benzene rings is 2. The molecule has 20 heavy (non-hydrogen) atoms. The molecule has 0 aliphatic carbocycles. The molecular weight excluding hydrogens is 273 g/mol. The summed E-state index contributed by atoms with van der Waals surface area (Å²) in [5, 5.41) is 3.81. The van der Waals surface area contributed by atoms with Crippen molar-refractivity contribution in [2.24, 2.45) is 0 Å². The van der Waals surface area contributed by atoms with Gasteiger partial charge in [-0.2, -0.15) is 0 Å². The molecule has 1 N–H and O–H groups in total. The fraction of sp³-hybridized carbons (Fsp3) is 0.294. The molecule has 2 aromatic carbocycles. The predicted octanol–water partition coefficient (Wildman–Crippen LogP) is 4.54. The van der Waals surface area contributed by atoms with Crippen molar-refractivity contribution in [3.8, 4) is 0 Å². The van der Waals surface area contributed by atoms with E-state index in [-0.39, 0.29) is 11.9 Å². The van der Waals surface area contributed by atoms with E-state index in [2.05, 4.69) is 36.5 Å². The summed E-state index contributed by atoms with van der Waals surface area (Å²) in [4.78, 5) is 0. The third-order valence-electron chi connectivity index (χ3n) is 3.57. The smallest absolute Gasteiger partial charge is 0.126 e.